The van der Waals surface area contributed by atoms with Gasteiger partial charge in [0.1, 0.15) is 0 Å². The van der Waals surface area contributed by atoms with Crippen LogP contribution < -0.4 is 0 Å². The molecule has 0 fully saturated rings. The zero-order valence-electron chi connectivity index (χ0n) is 8.05. The first-order valence-corrected chi connectivity index (χ1v) is 4.62. The zero-order valence-corrected chi connectivity index (χ0v) is 8.05. The second kappa shape index (κ2) is 4.77. The van der Waals surface area contributed by atoms with Gasteiger partial charge >= 0.3 is 5.97 Å². The third kappa shape index (κ3) is 2.33. The maximum Gasteiger partial charge on any atom is 0.309 e. The van der Waals surface area contributed by atoms with E-state index in [2.05, 4.69) is 0 Å². The fourth-order valence-electron chi connectivity index (χ4n) is 1.42. The van der Waals surface area contributed by atoms with E-state index in [0.29, 0.717) is 12.0 Å². The summed E-state index contributed by atoms with van der Waals surface area (Å²) in [6.07, 6.45) is -0.496. The van der Waals surface area contributed by atoms with Gasteiger partial charge in [0, 0.05) is 0 Å². The van der Waals surface area contributed by atoms with Gasteiger partial charge in [-0.3, -0.25) is 4.79 Å². The van der Waals surface area contributed by atoms with Crippen LogP contribution in [0.2, 0.25) is 0 Å². The number of rotatable bonds is 4. The van der Waals surface area contributed by atoms with E-state index in [1.54, 1.807) is 31.2 Å². The SMILES string of the molecule is CC[C@H](C(=O)O)C(O)c1ccccc1. The minimum atomic E-state index is -0.955. The van der Waals surface area contributed by atoms with Gasteiger partial charge in [0.25, 0.3) is 0 Å². The number of aliphatic hydroxyl groups is 1. The van der Waals surface area contributed by atoms with Gasteiger partial charge in [-0.1, -0.05) is 37.3 Å². The van der Waals surface area contributed by atoms with Gasteiger partial charge in [-0.05, 0) is 12.0 Å². The average molecular weight is 194 g/mol. The Kier molecular flexibility index (Phi) is 3.65. The van der Waals surface area contributed by atoms with Crippen molar-refractivity contribution in [3.63, 3.8) is 0 Å². The smallest absolute Gasteiger partial charge is 0.309 e. The minimum absolute atomic E-state index is 0.422. The molecule has 76 valence electrons. The Labute approximate surface area is 83.0 Å². The van der Waals surface area contributed by atoms with Gasteiger partial charge in [0.2, 0.25) is 0 Å². The van der Waals surface area contributed by atoms with Gasteiger partial charge < -0.3 is 10.2 Å². The monoisotopic (exact) mass is 194 g/mol. The number of aliphatic carboxylic acids is 1. The van der Waals surface area contributed by atoms with Crippen LogP contribution in [0.3, 0.4) is 0 Å². The summed E-state index contributed by atoms with van der Waals surface area (Å²) in [5.74, 6) is -1.68. The summed E-state index contributed by atoms with van der Waals surface area (Å²) >= 11 is 0. The molecule has 1 rings (SSSR count). The van der Waals surface area contributed by atoms with Crippen LogP contribution in [0.1, 0.15) is 25.0 Å². The zero-order chi connectivity index (χ0) is 10.6. The maximum atomic E-state index is 10.8. The first-order chi connectivity index (χ1) is 6.66. The fraction of sp³-hybridized carbons (Fsp3) is 0.364. The molecule has 0 saturated heterocycles. The van der Waals surface area contributed by atoms with E-state index >= 15 is 0 Å². The van der Waals surface area contributed by atoms with E-state index in [9.17, 15) is 9.90 Å². The Hall–Kier alpha value is -1.35. The molecule has 0 aliphatic rings. The summed E-state index contributed by atoms with van der Waals surface area (Å²) in [6, 6.07) is 8.87. The molecule has 0 spiro atoms. The van der Waals surface area contributed by atoms with E-state index in [4.69, 9.17) is 5.11 Å². The van der Waals surface area contributed by atoms with Gasteiger partial charge in [-0.15, -0.1) is 0 Å². The third-order valence-corrected chi connectivity index (χ3v) is 2.28. The van der Waals surface area contributed by atoms with Crippen molar-refractivity contribution in [2.75, 3.05) is 0 Å². The number of hydrogen-bond acceptors (Lipinski definition) is 2. The highest BCUT2D eigenvalue weighted by Gasteiger charge is 2.25. The van der Waals surface area contributed by atoms with Crippen LogP contribution in [0.25, 0.3) is 0 Å². The van der Waals surface area contributed by atoms with Gasteiger partial charge in [0.15, 0.2) is 0 Å². The van der Waals surface area contributed by atoms with Crippen molar-refractivity contribution >= 4 is 5.97 Å². The predicted molar refractivity (Wildman–Crippen MR) is 52.8 cm³/mol. The summed E-state index contributed by atoms with van der Waals surface area (Å²) in [6.45, 7) is 1.75. The van der Waals surface area contributed by atoms with Crippen LogP contribution in [0.5, 0.6) is 0 Å². The van der Waals surface area contributed by atoms with Crippen LogP contribution >= 0.6 is 0 Å². The molecular formula is C11H14O3. The van der Waals surface area contributed by atoms with Crippen molar-refractivity contribution < 1.29 is 15.0 Å². The average Bonchev–Trinajstić information content (AvgIpc) is 2.19. The molecular weight excluding hydrogens is 180 g/mol. The molecule has 0 aromatic heterocycles. The van der Waals surface area contributed by atoms with Gasteiger partial charge in [-0.2, -0.15) is 0 Å². The van der Waals surface area contributed by atoms with E-state index in [-0.39, 0.29) is 0 Å². The molecule has 3 nitrogen and oxygen atoms in total. The van der Waals surface area contributed by atoms with Gasteiger partial charge in [0.05, 0.1) is 12.0 Å². The molecule has 0 aliphatic carbocycles. The molecule has 0 aliphatic heterocycles. The van der Waals surface area contributed by atoms with E-state index < -0.39 is 18.0 Å². The van der Waals surface area contributed by atoms with Crippen molar-refractivity contribution in [3.8, 4) is 0 Å². The number of carbonyl (C=O) groups is 1. The second-order valence-corrected chi connectivity index (χ2v) is 3.21. The Morgan fingerprint density at radius 2 is 1.93 bits per heavy atom. The second-order valence-electron chi connectivity index (χ2n) is 3.21. The molecule has 0 saturated carbocycles. The molecule has 3 heteroatoms. The molecule has 1 unspecified atom stereocenters. The lowest BCUT2D eigenvalue weighted by Crippen LogP contribution is -2.21. The Morgan fingerprint density at radius 1 is 1.36 bits per heavy atom. The maximum absolute atomic E-state index is 10.8. The Morgan fingerprint density at radius 3 is 2.36 bits per heavy atom. The molecule has 0 amide bonds. The third-order valence-electron chi connectivity index (χ3n) is 2.28. The van der Waals surface area contributed by atoms with Crippen LogP contribution in [-0.2, 0) is 4.79 Å². The molecule has 2 N–H and O–H groups in total. The number of carboxylic acid groups (broad SMARTS) is 1. The lowest BCUT2D eigenvalue weighted by Gasteiger charge is -2.17. The quantitative estimate of drug-likeness (QED) is 0.768. The lowest BCUT2D eigenvalue weighted by molar-refractivity contribution is -0.146. The number of hydrogen-bond donors (Lipinski definition) is 2. The molecule has 0 bridgehead atoms. The van der Waals surface area contributed by atoms with Gasteiger partial charge in [-0.25, -0.2) is 0 Å². The normalized spacial score (nSPS) is 14.7. The molecule has 0 heterocycles. The summed E-state index contributed by atoms with van der Waals surface area (Å²) in [4.78, 5) is 10.8. The summed E-state index contributed by atoms with van der Waals surface area (Å²) in [7, 11) is 0. The van der Waals surface area contributed by atoms with Crippen molar-refractivity contribution in [2.45, 2.75) is 19.4 Å². The first kappa shape index (κ1) is 10.7. The van der Waals surface area contributed by atoms with Crippen LogP contribution in [0, 0.1) is 5.92 Å². The molecule has 14 heavy (non-hydrogen) atoms. The molecule has 1 aromatic carbocycles. The highest BCUT2D eigenvalue weighted by Crippen LogP contribution is 2.24. The Balaban J connectivity index is 2.83. The number of carboxylic acids is 1. The molecule has 2 atom stereocenters. The van der Waals surface area contributed by atoms with E-state index in [1.165, 1.54) is 0 Å². The van der Waals surface area contributed by atoms with E-state index in [0.717, 1.165) is 0 Å². The molecule has 0 radical (unpaired) electrons. The number of benzene rings is 1. The van der Waals surface area contributed by atoms with Crippen molar-refractivity contribution in [2.24, 2.45) is 5.92 Å². The van der Waals surface area contributed by atoms with Crippen molar-refractivity contribution in [1.82, 2.24) is 0 Å². The summed E-state index contributed by atoms with van der Waals surface area (Å²) < 4.78 is 0. The minimum Gasteiger partial charge on any atom is -0.481 e. The molecule has 1 aromatic rings. The highest BCUT2D eigenvalue weighted by atomic mass is 16.4. The Bertz CT molecular complexity index is 295. The predicted octanol–water partition coefficient (Wildman–Crippen LogP) is 1.83. The van der Waals surface area contributed by atoms with Crippen LogP contribution in [-0.4, -0.2) is 16.2 Å². The summed E-state index contributed by atoms with van der Waals surface area (Å²) in [5.41, 5.74) is 0.654. The van der Waals surface area contributed by atoms with Crippen LogP contribution in [0.4, 0.5) is 0 Å². The van der Waals surface area contributed by atoms with Crippen molar-refractivity contribution in [3.05, 3.63) is 35.9 Å². The van der Waals surface area contributed by atoms with Crippen molar-refractivity contribution in [1.29, 1.82) is 0 Å². The van der Waals surface area contributed by atoms with E-state index in [1.807, 2.05) is 6.07 Å². The fourth-order valence-corrected chi connectivity index (χ4v) is 1.42. The topological polar surface area (TPSA) is 57.5 Å². The standard InChI is InChI=1S/C11H14O3/c1-2-9(11(13)14)10(12)8-6-4-3-5-7-8/h3-7,9-10,12H,2H2,1H3,(H,13,14)/t9-,10?/m0/s1. The first-order valence-electron chi connectivity index (χ1n) is 4.62. The lowest BCUT2D eigenvalue weighted by atomic mass is 9.94. The number of aliphatic hydroxyl groups excluding tert-OH is 1. The van der Waals surface area contributed by atoms with Crippen LogP contribution in [0.15, 0.2) is 30.3 Å². The highest BCUT2D eigenvalue weighted by molar-refractivity contribution is 5.70. The largest absolute Gasteiger partial charge is 0.481 e. The summed E-state index contributed by atoms with van der Waals surface area (Å²) in [5, 5.41) is 18.6.